The van der Waals surface area contributed by atoms with E-state index in [0.29, 0.717) is 6.42 Å². The third-order valence-corrected chi connectivity index (χ3v) is 0.756. The standard InChI is InChI=1S/C6H10NO2/c1-3-4-6(9)7-5(2)8/h2-4H2,1H3,(H,7,8,9). The summed E-state index contributed by atoms with van der Waals surface area (Å²) in [6.07, 6.45) is 1.14. The third-order valence-electron chi connectivity index (χ3n) is 0.756. The van der Waals surface area contributed by atoms with Gasteiger partial charge in [-0.2, -0.15) is 0 Å². The Hall–Kier alpha value is -0.860. The molecule has 0 heterocycles. The van der Waals surface area contributed by atoms with Gasteiger partial charge in [-0.15, -0.1) is 0 Å². The van der Waals surface area contributed by atoms with Crippen LogP contribution in [0.4, 0.5) is 0 Å². The van der Waals surface area contributed by atoms with E-state index in [4.69, 9.17) is 0 Å². The normalized spacial score (nSPS) is 8.67. The Labute approximate surface area is 54.4 Å². The maximum Gasteiger partial charge on any atom is 0.227 e. The van der Waals surface area contributed by atoms with Crippen LogP contribution in [0, 0.1) is 6.92 Å². The van der Waals surface area contributed by atoms with E-state index in [0.717, 1.165) is 6.42 Å². The SMILES string of the molecule is [CH2]C(=O)NC(=O)CCC. The fourth-order valence-corrected chi connectivity index (χ4v) is 0.445. The monoisotopic (exact) mass is 128 g/mol. The summed E-state index contributed by atoms with van der Waals surface area (Å²) >= 11 is 0. The molecule has 1 radical (unpaired) electrons. The molecule has 0 atom stereocenters. The molecule has 3 nitrogen and oxygen atoms in total. The van der Waals surface area contributed by atoms with E-state index in [-0.39, 0.29) is 5.91 Å². The maximum atomic E-state index is 10.5. The van der Waals surface area contributed by atoms with E-state index < -0.39 is 5.91 Å². The van der Waals surface area contributed by atoms with E-state index in [1.165, 1.54) is 0 Å². The summed E-state index contributed by atoms with van der Waals surface area (Å²) in [4.78, 5) is 20.6. The highest BCUT2D eigenvalue weighted by atomic mass is 16.2. The highest BCUT2D eigenvalue weighted by molar-refractivity contribution is 5.97. The number of nitrogens with one attached hydrogen (secondary N) is 1. The lowest BCUT2D eigenvalue weighted by Gasteiger charge is -1.95. The van der Waals surface area contributed by atoms with Gasteiger partial charge in [-0.05, 0) is 6.42 Å². The summed E-state index contributed by atoms with van der Waals surface area (Å²) in [5, 5.41) is 2.05. The summed E-state index contributed by atoms with van der Waals surface area (Å²) in [6, 6.07) is 0. The van der Waals surface area contributed by atoms with Crippen LogP contribution in [0.15, 0.2) is 0 Å². The minimum Gasteiger partial charge on any atom is -0.296 e. The van der Waals surface area contributed by atoms with Crippen molar-refractivity contribution in [2.75, 3.05) is 0 Å². The first-order valence-corrected chi connectivity index (χ1v) is 2.82. The number of hydrogen-bond acceptors (Lipinski definition) is 2. The van der Waals surface area contributed by atoms with Crippen molar-refractivity contribution in [2.45, 2.75) is 19.8 Å². The zero-order valence-corrected chi connectivity index (χ0v) is 5.44. The quantitative estimate of drug-likeness (QED) is 0.580. The highest BCUT2D eigenvalue weighted by Gasteiger charge is 1.99. The molecule has 0 aromatic rings. The Kier molecular flexibility index (Phi) is 3.67. The highest BCUT2D eigenvalue weighted by Crippen LogP contribution is 1.84. The van der Waals surface area contributed by atoms with E-state index >= 15 is 0 Å². The first kappa shape index (κ1) is 8.14. The molecular formula is C6H10NO2. The Morgan fingerprint density at radius 1 is 1.56 bits per heavy atom. The van der Waals surface area contributed by atoms with Crippen molar-refractivity contribution in [3.8, 4) is 0 Å². The Morgan fingerprint density at radius 3 is 2.44 bits per heavy atom. The Balaban J connectivity index is 3.39. The van der Waals surface area contributed by atoms with Crippen LogP contribution in [0.1, 0.15) is 19.8 Å². The van der Waals surface area contributed by atoms with Crippen LogP contribution >= 0.6 is 0 Å². The predicted octanol–water partition coefficient (Wildman–Crippen LogP) is 0.263. The fraction of sp³-hybridized carbons (Fsp3) is 0.500. The van der Waals surface area contributed by atoms with Crippen LogP contribution in [0.3, 0.4) is 0 Å². The minimum absolute atomic E-state index is 0.252. The van der Waals surface area contributed by atoms with Gasteiger partial charge in [-0.25, -0.2) is 0 Å². The molecule has 0 rings (SSSR count). The van der Waals surface area contributed by atoms with Gasteiger partial charge in [0.1, 0.15) is 0 Å². The second-order valence-electron chi connectivity index (χ2n) is 1.72. The second-order valence-corrected chi connectivity index (χ2v) is 1.72. The number of hydrogen-bond donors (Lipinski definition) is 1. The summed E-state index contributed by atoms with van der Waals surface area (Å²) in [5.41, 5.74) is 0. The van der Waals surface area contributed by atoms with Gasteiger partial charge in [0.25, 0.3) is 0 Å². The molecule has 0 aromatic carbocycles. The van der Waals surface area contributed by atoms with Gasteiger partial charge in [0.2, 0.25) is 11.8 Å². The lowest BCUT2D eigenvalue weighted by atomic mass is 10.3. The summed E-state index contributed by atoms with van der Waals surface area (Å²) in [6.45, 7) is 4.86. The van der Waals surface area contributed by atoms with E-state index in [9.17, 15) is 9.59 Å². The molecule has 0 fully saturated rings. The lowest BCUT2D eigenvalue weighted by molar-refractivity contribution is -0.128. The van der Waals surface area contributed by atoms with Crippen molar-refractivity contribution in [1.82, 2.24) is 5.32 Å². The number of carbonyl (C=O) groups excluding carboxylic acids is 2. The molecule has 1 N–H and O–H groups in total. The third kappa shape index (κ3) is 5.00. The molecular weight excluding hydrogens is 118 g/mol. The molecule has 0 aliphatic carbocycles. The lowest BCUT2D eigenvalue weighted by Crippen LogP contribution is -2.27. The van der Waals surface area contributed by atoms with Crippen molar-refractivity contribution in [2.24, 2.45) is 0 Å². The Morgan fingerprint density at radius 2 is 2.11 bits per heavy atom. The number of carbonyl (C=O) groups is 2. The zero-order valence-electron chi connectivity index (χ0n) is 5.44. The number of rotatable bonds is 2. The smallest absolute Gasteiger partial charge is 0.227 e. The largest absolute Gasteiger partial charge is 0.296 e. The van der Waals surface area contributed by atoms with Crippen molar-refractivity contribution in [3.05, 3.63) is 6.92 Å². The van der Waals surface area contributed by atoms with E-state index in [1.807, 2.05) is 6.92 Å². The average Bonchev–Trinajstić information content (AvgIpc) is 1.63. The van der Waals surface area contributed by atoms with Crippen molar-refractivity contribution in [1.29, 1.82) is 0 Å². The first-order chi connectivity index (χ1) is 4.16. The van der Waals surface area contributed by atoms with Gasteiger partial charge in [-0.1, -0.05) is 6.92 Å². The molecule has 0 saturated heterocycles. The molecule has 0 spiro atoms. The molecule has 0 aliphatic rings. The van der Waals surface area contributed by atoms with Crippen molar-refractivity contribution >= 4 is 11.8 Å². The van der Waals surface area contributed by atoms with Crippen LogP contribution in [0.2, 0.25) is 0 Å². The van der Waals surface area contributed by atoms with E-state index in [1.54, 1.807) is 0 Å². The van der Waals surface area contributed by atoms with Gasteiger partial charge in [0.05, 0.1) is 0 Å². The molecule has 0 unspecified atom stereocenters. The zero-order chi connectivity index (χ0) is 7.28. The maximum absolute atomic E-state index is 10.5. The Bertz CT molecular complexity index is 120. The summed E-state index contributed by atoms with van der Waals surface area (Å²) < 4.78 is 0. The van der Waals surface area contributed by atoms with Gasteiger partial charge < -0.3 is 0 Å². The van der Waals surface area contributed by atoms with Crippen LogP contribution < -0.4 is 5.32 Å². The van der Waals surface area contributed by atoms with Crippen molar-refractivity contribution < 1.29 is 9.59 Å². The van der Waals surface area contributed by atoms with Gasteiger partial charge in [0.15, 0.2) is 0 Å². The molecule has 3 heteroatoms. The fourth-order valence-electron chi connectivity index (χ4n) is 0.445. The average molecular weight is 128 g/mol. The summed E-state index contributed by atoms with van der Waals surface area (Å²) in [7, 11) is 0. The molecule has 0 saturated carbocycles. The van der Waals surface area contributed by atoms with Crippen LogP contribution in [-0.4, -0.2) is 11.8 Å². The number of amides is 2. The van der Waals surface area contributed by atoms with Crippen molar-refractivity contribution in [3.63, 3.8) is 0 Å². The molecule has 0 aromatic heterocycles. The molecule has 9 heavy (non-hydrogen) atoms. The van der Waals surface area contributed by atoms with Crippen LogP contribution in [0.25, 0.3) is 0 Å². The molecule has 51 valence electrons. The predicted molar refractivity (Wildman–Crippen MR) is 33.4 cm³/mol. The molecule has 0 bridgehead atoms. The summed E-state index contributed by atoms with van der Waals surface area (Å²) in [5.74, 6) is -0.786. The van der Waals surface area contributed by atoms with Crippen LogP contribution in [0.5, 0.6) is 0 Å². The topological polar surface area (TPSA) is 46.2 Å². The van der Waals surface area contributed by atoms with Gasteiger partial charge in [-0.3, -0.25) is 14.9 Å². The van der Waals surface area contributed by atoms with Gasteiger partial charge in [0, 0.05) is 13.3 Å². The number of imide groups is 1. The van der Waals surface area contributed by atoms with Gasteiger partial charge >= 0.3 is 0 Å². The molecule has 0 aliphatic heterocycles. The first-order valence-electron chi connectivity index (χ1n) is 2.82. The van der Waals surface area contributed by atoms with Crippen LogP contribution in [-0.2, 0) is 9.59 Å². The minimum atomic E-state index is -0.534. The van der Waals surface area contributed by atoms with E-state index in [2.05, 4.69) is 12.2 Å². The molecule has 2 amide bonds. The second kappa shape index (κ2) is 4.06.